The monoisotopic (exact) mass is 186 g/mol. The molecule has 78 valence electrons. The van der Waals surface area contributed by atoms with Crippen LogP contribution in [0.5, 0.6) is 0 Å². The Morgan fingerprint density at radius 3 is 2.38 bits per heavy atom. The van der Waals surface area contributed by atoms with Crippen LogP contribution in [0.1, 0.15) is 34.1 Å². The zero-order valence-electron chi connectivity index (χ0n) is 9.18. The first kappa shape index (κ1) is 12.4. The van der Waals surface area contributed by atoms with Crippen molar-refractivity contribution < 1.29 is 4.79 Å². The molecular formula is C10H22N2O. The lowest BCUT2D eigenvalue weighted by Crippen LogP contribution is -2.41. The molecule has 0 aliphatic rings. The van der Waals surface area contributed by atoms with Crippen molar-refractivity contribution in [2.75, 3.05) is 13.1 Å². The molecule has 13 heavy (non-hydrogen) atoms. The molecule has 0 rings (SSSR count). The number of amides is 1. The molecule has 0 aliphatic carbocycles. The van der Waals surface area contributed by atoms with E-state index in [0.29, 0.717) is 12.5 Å². The molecule has 3 nitrogen and oxygen atoms in total. The quantitative estimate of drug-likeness (QED) is 0.653. The second-order valence-electron chi connectivity index (χ2n) is 3.52. The molecule has 0 aromatic rings. The maximum Gasteiger partial charge on any atom is 0.234 e. The maximum absolute atomic E-state index is 11.3. The second kappa shape index (κ2) is 6.89. The Hall–Kier alpha value is -0.570. The molecular weight excluding hydrogens is 164 g/mol. The molecule has 2 atom stereocenters. The summed E-state index contributed by atoms with van der Waals surface area (Å²) in [5.41, 5.74) is 0. The van der Waals surface area contributed by atoms with Gasteiger partial charge < -0.3 is 10.6 Å². The van der Waals surface area contributed by atoms with Gasteiger partial charge in [-0.25, -0.2) is 0 Å². The van der Waals surface area contributed by atoms with Gasteiger partial charge in [0.1, 0.15) is 0 Å². The number of hydrogen-bond acceptors (Lipinski definition) is 2. The van der Waals surface area contributed by atoms with E-state index in [2.05, 4.69) is 31.4 Å². The molecule has 0 saturated carbocycles. The fourth-order valence-electron chi connectivity index (χ4n) is 1.04. The Labute approximate surface area is 81.3 Å². The van der Waals surface area contributed by atoms with Gasteiger partial charge >= 0.3 is 0 Å². The number of carbonyl (C=O) groups is 1. The molecule has 2 N–H and O–H groups in total. The normalized spacial score (nSPS) is 15.1. The molecule has 0 aliphatic heterocycles. The van der Waals surface area contributed by atoms with Crippen LogP contribution >= 0.6 is 0 Å². The highest BCUT2D eigenvalue weighted by Crippen LogP contribution is 2.05. The summed E-state index contributed by atoms with van der Waals surface area (Å²) in [6, 6.07) is 0.274. The van der Waals surface area contributed by atoms with E-state index < -0.39 is 0 Å². The van der Waals surface area contributed by atoms with Crippen molar-refractivity contribution in [1.29, 1.82) is 0 Å². The molecule has 0 fully saturated rings. The Morgan fingerprint density at radius 1 is 1.31 bits per heavy atom. The third kappa shape index (κ3) is 5.64. The third-order valence-corrected chi connectivity index (χ3v) is 2.42. The zero-order valence-corrected chi connectivity index (χ0v) is 9.18. The minimum atomic E-state index is 0.0923. The predicted octanol–water partition coefficient (Wildman–Crippen LogP) is 1.15. The molecule has 0 aromatic heterocycles. The predicted molar refractivity (Wildman–Crippen MR) is 55.6 cm³/mol. The molecule has 0 saturated heterocycles. The second-order valence-corrected chi connectivity index (χ2v) is 3.52. The first-order chi connectivity index (χ1) is 6.11. The van der Waals surface area contributed by atoms with E-state index in [1.165, 1.54) is 0 Å². The van der Waals surface area contributed by atoms with Crippen LogP contribution in [0.2, 0.25) is 0 Å². The number of likely N-dealkylation sites (N-methyl/N-ethyl adjacent to an activating group) is 1. The lowest BCUT2D eigenvalue weighted by atomic mass is 10.0. The summed E-state index contributed by atoms with van der Waals surface area (Å²) in [6.07, 6.45) is 1.10. The third-order valence-electron chi connectivity index (χ3n) is 2.42. The van der Waals surface area contributed by atoms with Gasteiger partial charge in [0.2, 0.25) is 5.91 Å². The highest BCUT2D eigenvalue weighted by molar-refractivity contribution is 5.78. The summed E-state index contributed by atoms with van der Waals surface area (Å²) >= 11 is 0. The fourth-order valence-corrected chi connectivity index (χ4v) is 1.04. The van der Waals surface area contributed by atoms with E-state index in [1.807, 2.05) is 6.92 Å². The van der Waals surface area contributed by atoms with Crippen molar-refractivity contribution in [2.45, 2.75) is 40.2 Å². The lowest BCUT2D eigenvalue weighted by Gasteiger charge is -2.19. The number of carbonyl (C=O) groups excluding carboxylic acids is 1. The standard InChI is InChI=1S/C10H22N2O/c1-5-8(3)9(4)12-10(13)7-11-6-2/h8-9,11H,5-7H2,1-4H3,(H,12,13). The van der Waals surface area contributed by atoms with Crippen LogP contribution in [0.15, 0.2) is 0 Å². The van der Waals surface area contributed by atoms with Gasteiger partial charge in [0.05, 0.1) is 6.54 Å². The highest BCUT2D eigenvalue weighted by Gasteiger charge is 2.11. The molecule has 0 aromatic carbocycles. The van der Waals surface area contributed by atoms with Gasteiger partial charge in [-0.15, -0.1) is 0 Å². The molecule has 2 unspecified atom stereocenters. The van der Waals surface area contributed by atoms with Crippen molar-refractivity contribution >= 4 is 5.91 Å². The van der Waals surface area contributed by atoms with E-state index in [9.17, 15) is 4.79 Å². The van der Waals surface area contributed by atoms with Crippen molar-refractivity contribution in [2.24, 2.45) is 5.92 Å². The number of rotatable bonds is 6. The molecule has 0 heterocycles. The zero-order chi connectivity index (χ0) is 10.3. The number of hydrogen-bond donors (Lipinski definition) is 2. The molecule has 0 bridgehead atoms. The van der Waals surface area contributed by atoms with Gasteiger partial charge in [-0.2, -0.15) is 0 Å². The van der Waals surface area contributed by atoms with Gasteiger partial charge in [-0.1, -0.05) is 27.2 Å². The van der Waals surface area contributed by atoms with Crippen molar-refractivity contribution in [1.82, 2.24) is 10.6 Å². The average molecular weight is 186 g/mol. The van der Waals surface area contributed by atoms with Gasteiger partial charge in [0.25, 0.3) is 0 Å². The summed E-state index contributed by atoms with van der Waals surface area (Å²) < 4.78 is 0. The Kier molecular flexibility index (Phi) is 6.59. The summed E-state index contributed by atoms with van der Waals surface area (Å²) in [7, 11) is 0. The molecule has 0 spiro atoms. The van der Waals surface area contributed by atoms with Crippen LogP contribution < -0.4 is 10.6 Å². The minimum absolute atomic E-state index is 0.0923. The summed E-state index contributed by atoms with van der Waals surface area (Å²) in [4.78, 5) is 11.3. The Morgan fingerprint density at radius 2 is 1.92 bits per heavy atom. The summed E-state index contributed by atoms with van der Waals surface area (Å²) in [5, 5.41) is 5.96. The van der Waals surface area contributed by atoms with Crippen molar-refractivity contribution in [3.05, 3.63) is 0 Å². The maximum atomic E-state index is 11.3. The largest absolute Gasteiger partial charge is 0.352 e. The van der Waals surface area contributed by atoms with Crippen LogP contribution in [0.3, 0.4) is 0 Å². The van der Waals surface area contributed by atoms with E-state index in [4.69, 9.17) is 0 Å². The van der Waals surface area contributed by atoms with E-state index in [-0.39, 0.29) is 11.9 Å². The van der Waals surface area contributed by atoms with Crippen LogP contribution in [0.4, 0.5) is 0 Å². The fraction of sp³-hybridized carbons (Fsp3) is 0.900. The highest BCUT2D eigenvalue weighted by atomic mass is 16.1. The first-order valence-corrected chi connectivity index (χ1v) is 5.11. The minimum Gasteiger partial charge on any atom is -0.352 e. The van der Waals surface area contributed by atoms with E-state index in [0.717, 1.165) is 13.0 Å². The van der Waals surface area contributed by atoms with Gasteiger partial charge in [0.15, 0.2) is 0 Å². The SMILES string of the molecule is CCNCC(=O)NC(C)C(C)CC. The van der Waals surface area contributed by atoms with Crippen molar-refractivity contribution in [3.8, 4) is 0 Å². The average Bonchev–Trinajstić information content (AvgIpc) is 2.13. The van der Waals surface area contributed by atoms with E-state index in [1.54, 1.807) is 0 Å². The van der Waals surface area contributed by atoms with Crippen LogP contribution in [0.25, 0.3) is 0 Å². The molecule has 0 radical (unpaired) electrons. The first-order valence-electron chi connectivity index (χ1n) is 5.11. The van der Waals surface area contributed by atoms with Gasteiger partial charge in [0, 0.05) is 6.04 Å². The molecule has 3 heteroatoms. The Balaban J connectivity index is 3.64. The lowest BCUT2D eigenvalue weighted by molar-refractivity contribution is -0.121. The molecule has 1 amide bonds. The summed E-state index contributed by atoms with van der Waals surface area (Å²) in [6.45, 7) is 9.60. The van der Waals surface area contributed by atoms with Crippen LogP contribution in [0, 0.1) is 5.92 Å². The van der Waals surface area contributed by atoms with Gasteiger partial charge in [-0.05, 0) is 19.4 Å². The smallest absolute Gasteiger partial charge is 0.234 e. The van der Waals surface area contributed by atoms with Gasteiger partial charge in [-0.3, -0.25) is 4.79 Å². The number of nitrogens with one attached hydrogen (secondary N) is 2. The topological polar surface area (TPSA) is 41.1 Å². The summed E-state index contributed by atoms with van der Waals surface area (Å²) in [5.74, 6) is 0.639. The van der Waals surface area contributed by atoms with E-state index >= 15 is 0 Å². The van der Waals surface area contributed by atoms with Crippen molar-refractivity contribution in [3.63, 3.8) is 0 Å². The Bertz CT molecular complexity index is 148. The van der Waals surface area contributed by atoms with Crippen LogP contribution in [-0.4, -0.2) is 25.0 Å². The van der Waals surface area contributed by atoms with Crippen LogP contribution in [-0.2, 0) is 4.79 Å².